The number of nitrogens with one attached hydrogen (secondary N) is 4. The second-order valence-electron chi connectivity index (χ2n) is 8.75. The molecule has 8 nitrogen and oxygen atoms in total. The topological polar surface area (TPSA) is 134 Å². The fourth-order valence-electron chi connectivity index (χ4n) is 3.89. The number of hydrogen-bond acceptors (Lipinski definition) is 8. The van der Waals surface area contributed by atoms with Crippen molar-refractivity contribution in [3.63, 3.8) is 0 Å². The van der Waals surface area contributed by atoms with Gasteiger partial charge in [-0.25, -0.2) is 0 Å². The Balaban J connectivity index is 1.61. The molecule has 0 aromatic carbocycles. The lowest BCUT2D eigenvalue weighted by Gasteiger charge is -2.24. The van der Waals surface area contributed by atoms with Crippen LogP contribution in [0.15, 0.2) is 48.2 Å². The molecule has 8 N–H and O–H groups in total. The number of aromatic nitrogens is 1. The molecule has 0 spiro atoms. The third-order valence-electron chi connectivity index (χ3n) is 5.96. The molecule has 1 aromatic heterocycles. The number of allylic oxidation sites excluding steroid dienone is 3. The highest BCUT2D eigenvalue weighted by Gasteiger charge is 2.16. The lowest BCUT2D eigenvalue weighted by Crippen LogP contribution is -2.38. The smallest absolute Gasteiger partial charge is 0.117 e. The Labute approximate surface area is 196 Å². The second kappa shape index (κ2) is 12.1. The second-order valence-corrected chi connectivity index (χ2v) is 8.75. The van der Waals surface area contributed by atoms with E-state index in [0.29, 0.717) is 11.7 Å². The molecule has 1 fully saturated rings. The summed E-state index contributed by atoms with van der Waals surface area (Å²) >= 11 is 0. The van der Waals surface area contributed by atoms with E-state index in [1.54, 1.807) is 12.4 Å². The van der Waals surface area contributed by atoms with Crippen LogP contribution in [0.3, 0.4) is 0 Å². The average Bonchev–Trinajstić information content (AvgIpc) is 2.82. The van der Waals surface area contributed by atoms with Gasteiger partial charge in [0.25, 0.3) is 0 Å². The molecule has 0 radical (unpaired) electrons. The van der Waals surface area contributed by atoms with Crippen molar-refractivity contribution in [3.05, 3.63) is 59.5 Å². The first-order valence-electron chi connectivity index (χ1n) is 11.6. The predicted octanol–water partition coefficient (Wildman–Crippen LogP) is 3.13. The summed E-state index contributed by atoms with van der Waals surface area (Å²) in [5.41, 5.74) is 16.2. The van der Waals surface area contributed by atoms with Gasteiger partial charge in [0, 0.05) is 49.5 Å². The third kappa shape index (κ3) is 7.12. The van der Waals surface area contributed by atoms with Crippen LogP contribution >= 0.6 is 0 Å². The van der Waals surface area contributed by atoms with Crippen LogP contribution in [-0.4, -0.2) is 37.1 Å². The zero-order valence-electron chi connectivity index (χ0n) is 19.6. The average molecular weight is 452 g/mol. The first kappa shape index (κ1) is 24.4. The number of rotatable bonds is 10. The van der Waals surface area contributed by atoms with Crippen molar-refractivity contribution in [1.29, 1.82) is 5.41 Å². The molecule has 1 unspecified atom stereocenters. The van der Waals surface area contributed by atoms with Crippen LogP contribution in [0, 0.1) is 17.2 Å². The lowest BCUT2D eigenvalue weighted by molar-refractivity contribution is 0.0642. The summed E-state index contributed by atoms with van der Waals surface area (Å²) in [6.45, 7) is 6.76. The molecule has 2 aliphatic rings. The van der Waals surface area contributed by atoms with Gasteiger partial charge in [0.1, 0.15) is 6.17 Å². The Kier molecular flexibility index (Phi) is 8.95. The number of pyridine rings is 1. The fourth-order valence-corrected chi connectivity index (χ4v) is 3.89. The molecule has 1 atom stereocenters. The minimum atomic E-state index is -0.179. The number of nitrogens with two attached hydrogens (primary N) is 2. The van der Waals surface area contributed by atoms with E-state index in [2.05, 4.69) is 34.8 Å². The molecule has 178 valence electrons. The van der Waals surface area contributed by atoms with Crippen LogP contribution in [0.1, 0.15) is 44.4 Å². The van der Waals surface area contributed by atoms with E-state index in [1.807, 2.05) is 30.5 Å². The highest BCUT2D eigenvalue weighted by molar-refractivity contribution is 6.08. The van der Waals surface area contributed by atoms with Crippen molar-refractivity contribution >= 4 is 23.6 Å². The van der Waals surface area contributed by atoms with Crippen molar-refractivity contribution in [2.45, 2.75) is 39.3 Å². The van der Waals surface area contributed by atoms with Gasteiger partial charge in [-0.05, 0) is 67.2 Å². The minimum absolute atomic E-state index is 0.179. The standard InChI is InChI=1S/C25H37N7O/c1-17(2)19(13-26)12-24(28)32-25-4-3-22-23(31-25)11-20(16-30-22)21(14-27)15-29-8-5-18-6-9-33-10-7-18/h3-4,11-18,25,27,29,31-32H,5-10,26,28H2,1-2H3/b19-13+,21-15+,24-12+,27-14?. The molecule has 33 heavy (non-hydrogen) atoms. The summed E-state index contributed by atoms with van der Waals surface area (Å²) in [6, 6.07) is 2.01. The predicted molar refractivity (Wildman–Crippen MR) is 136 cm³/mol. The summed E-state index contributed by atoms with van der Waals surface area (Å²) in [4.78, 5) is 4.55. The summed E-state index contributed by atoms with van der Waals surface area (Å²) < 4.78 is 5.42. The SMILES string of the molecule is CC(C)C(=C/N)/C=C(\N)NC1C=Cc2ncc(/C(C=N)=C/NCCC3CCOCC3)cc2N1. The Hall–Kier alpha value is -3.26. The van der Waals surface area contributed by atoms with Crippen LogP contribution < -0.4 is 27.4 Å². The van der Waals surface area contributed by atoms with Gasteiger partial charge in [-0.3, -0.25) is 4.98 Å². The zero-order chi connectivity index (χ0) is 23.6. The van der Waals surface area contributed by atoms with Crippen LogP contribution in [0.25, 0.3) is 11.6 Å². The number of fused-ring (bicyclic) bond motifs is 1. The van der Waals surface area contributed by atoms with Crippen LogP contribution in [0.2, 0.25) is 0 Å². The molecule has 0 aliphatic carbocycles. The summed E-state index contributed by atoms with van der Waals surface area (Å²) in [6.07, 6.45) is 15.6. The number of hydrogen-bond donors (Lipinski definition) is 6. The fraction of sp³-hybridized carbons (Fsp3) is 0.440. The molecular weight excluding hydrogens is 414 g/mol. The number of anilines is 1. The summed E-state index contributed by atoms with van der Waals surface area (Å²) in [5.74, 6) is 1.53. The molecule has 1 aromatic rings. The van der Waals surface area contributed by atoms with Gasteiger partial charge in [-0.15, -0.1) is 0 Å². The van der Waals surface area contributed by atoms with Gasteiger partial charge in [0.05, 0.1) is 17.2 Å². The van der Waals surface area contributed by atoms with Gasteiger partial charge < -0.3 is 37.6 Å². The van der Waals surface area contributed by atoms with E-state index >= 15 is 0 Å². The highest BCUT2D eigenvalue weighted by atomic mass is 16.5. The molecule has 0 amide bonds. The lowest BCUT2D eigenvalue weighted by atomic mass is 9.97. The zero-order valence-corrected chi connectivity index (χ0v) is 19.6. The van der Waals surface area contributed by atoms with Crippen molar-refractivity contribution < 1.29 is 4.74 Å². The quantitative estimate of drug-likeness (QED) is 0.183. The van der Waals surface area contributed by atoms with Crippen LogP contribution in [-0.2, 0) is 4.74 Å². The van der Waals surface area contributed by atoms with E-state index in [0.717, 1.165) is 67.1 Å². The van der Waals surface area contributed by atoms with E-state index in [1.165, 1.54) is 6.21 Å². The van der Waals surface area contributed by atoms with E-state index in [9.17, 15) is 0 Å². The molecule has 3 heterocycles. The highest BCUT2D eigenvalue weighted by Crippen LogP contribution is 2.25. The third-order valence-corrected chi connectivity index (χ3v) is 5.96. The summed E-state index contributed by atoms with van der Waals surface area (Å²) in [7, 11) is 0. The summed E-state index contributed by atoms with van der Waals surface area (Å²) in [5, 5.41) is 17.9. The maximum Gasteiger partial charge on any atom is 0.117 e. The Morgan fingerprint density at radius 1 is 1.36 bits per heavy atom. The molecular formula is C25H37N7O. The van der Waals surface area contributed by atoms with Crippen molar-refractivity contribution in [1.82, 2.24) is 15.6 Å². The van der Waals surface area contributed by atoms with Gasteiger partial charge in [-0.1, -0.05) is 13.8 Å². The normalized spacial score (nSPS) is 19.7. The van der Waals surface area contributed by atoms with Gasteiger partial charge in [0.15, 0.2) is 0 Å². The minimum Gasteiger partial charge on any atom is -0.404 e. The van der Waals surface area contributed by atoms with Crippen LogP contribution in [0.4, 0.5) is 5.69 Å². The molecule has 0 saturated carbocycles. The Bertz CT molecular complexity index is 927. The van der Waals surface area contributed by atoms with E-state index in [4.69, 9.17) is 21.6 Å². The molecule has 0 bridgehead atoms. The Morgan fingerprint density at radius 2 is 2.15 bits per heavy atom. The van der Waals surface area contributed by atoms with Crippen molar-refractivity contribution in [2.75, 3.05) is 25.1 Å². The Morgan fingerprint density at radius 3 is 2.85 bits per heavy atom. The molecule has 2 aliphatic heterocycles. The van der Waals surface area contributed by atoms with Crippen molar-refractivity contribution in [3.8, 4) is 0 Å². The number of nitrogens with zero attached hydrogens (tertiary/aromatic N) is 1. The molecule has 8 heteroatoms. The van der Waals surface area contributed by atoms with E-state index in [-0.39, 0.29) is 12.1 Å². The molecule has 1 saturated heterocycles. The molecule has 3 rings (SSSR count). The van der Waals surface area contributed by atoms with Crippen molar-refractivity contribution in [2.24, 2.45) is 23.3 Å². The largest absolute Gasteiger partial charge is 0.404 e. The monoisotopic (exact) mass is 451 g/mol. The first-order chi connectivity index (χ1) is 16.0. The van der Waals surface area contributed by atoms with Crippen LogP contribution in [0.5, 0.6) is 0 Å². The van der Waals surface area contributed by atoms with E-state index < -0.39 is 0 Å². The van der Waals surface area contributed by atoms with Gasteiger partial charge >= 0.3 is 0 Å². The van der Waals surface area contributed by atoms with Gasteiger partial charge in [0.2, 0.25) is 0 Å². The maximum absolute atomic E-state index is 7.85. The first-order valence-corrected chi connectivity index (χ1v) is 11.6. The maximum atomic E-state index is 7.85. The number of ether oxygens (including phenoxy) is 1. The van der Waals surface area contributed by atoms with Gasteiger partial charge in [-0.2, -0.15) is 0 Å².